The zero-order valence-corrected chi connectivity index (χ0v) is 16.6. The van der Waals surface area contributed by atoms with Gasteiger partial charge >= 0.3 is 5.97 Å². The molecule has 3 amide bonds. The summed E-state index contributed by atoms with van der Waals surface area (Å²) in [7, 11) is 0. The number of carbonyl (C=O) groups is 4. The van der Waals surface area contributed by atoms with Crippen LogP contribution in [0.5, 0.6) is 0 Å². The van der Waals surface area contributed by atoms with Crippen molar-refractivity contribution in [2.75, 3.05) is 12.3 Å². The predicted octanol–water partition coefficient (Wildman–Crippen LogP) is -2.95. The molecular formula is C16H28N4O7S. The minimum atomic E-state index is -1.51. The third kappa shape index (κ3) is 6.06. The van der Waals surface area contributed by atoms with Crippen LogP contribution in [0.2, 0.25) is 0 Å². The van der Waals surface area contributed by atoms with Crippen LogP contribution < -0.4 is 16.4 Å². The van der Waals surface area contributed by atoms with E-state index in [0.717, 1.165) is 0 Å². The number of aliphatic hydroxyl groups excluding tert-OH is 2. The second-order valence-electron chi connectivity index (χ2n) is 6.76. The third-order valence-corrected chi connectivity index (χ3v) is 4.87. The molecule has 1 aliphatic heterocycles. The lowest BCUT2D eigenvalue weighted by molar-refractivity contribution is -0.147. The largest absolute Gasteiger partial charge is 0.480 e. The molecular weight excluding hydrogens is 392 g/mol. The molecule has 1 fully saturated rings. The topological polar surface area (TPSA) is 182 Å². The standard InChI is InChI=1S/C16H28N4O7S/c1-7(21)11(17)14(24)18-9(6-28)15(25)20-5-3-4-10(20)13(23)19-12(8(2)22)16(26)27/h7-12,21-22,28H,3-6,17H2,1-2H3,(H,18,24)(H,19,23)(H,26,27). The zero-order chi connectivity index (χ0) is 21.6. The van der Waals surface area contributed by atoms with Gasteiger partial charge in [-0.05, 0) is 26.7 Å². The van der Waals surface area contributed by atoms with E-state index in [1.807, 2.05) is 0 Å². The molecule has 0 aliphatic carbocycles. The Balaban J connectivity index is 2.86. The SMILES string of the molecule is CC(O)C(N)C(=O)NC(CS)C(=O)N1CCCC1C(=O)NC(C(=O)O)C(C)O. The first kappa shape index (κ1) is 24.1. The van der Waals surface area contributed by atoms with Crippen LogP contribution in [0.15, 0.2) is 0 Å². The molecule has 1 aliphatic rings. The summed E-state index contributed by atoms with van der Waals surface area (Å²) >= 11 is 4.06. The number of hydrogen-bond acceptors (Lipinski definition) is 8. The van der Waals surface area contributed by atoms with E-state index in [4.69, 9.17) is 10.8 Å². The summed E-state index contributed by atoms with van der Waals surface area (Å²) in [6, 6.07) is -4.73. The van der Waals surface area contributed by atoms with Crippen molar-refractivity contribution in [2.45, 2.75) is 63.1 Å². The van der Waals surface area contributed by atoms with Gasteiger partial charge in [-0.1, -0.05) is 0 Å². The van der Waals surface area contributed by atoms with Crippen LogP contribution in [0.4, 0.5) is 0 Å². The van der Waals surface area contributed by atoms with Gasteiger partial charge in [0.15, 0.2) is 6.04 Å². The fraction of sp³-hybridized carbons (Fsp3) is 0.750. The van der Waals surface area contributed by atoms with Crippen molar-refractivity contribution < 1.29 is 34.5 Å². The number of nitrogens with two attached hydrogens (primary N) is 1. The number of rotatable bonds is 9. The molecule has 160 valence electrons. The first-order valence-electron chi connectivity index (χ1n) is 8.87. The Morgan fingerprint density at radius 2 is 1.79 bits per heavy atom. The van der Waals surface area contributed by atoms with E-state index in [-0.39, 0.29) is 12.3 Å². The Morgan fingerprint density at radius 3 is 2.25 bits per heavy atom. The number of aliphatic carboxylic acids is 1. The molecule has 0 aromatic heterocycles. The lowest BCUT2D eigenvalue weighted by Gasteiger charge is -2.29. The van der Waals surface area contributed by atoms with Crippen LogP contribution in [0.1, 0.15) is 26.7 Å². The van der Waals surface area contributed by atoms with Gasteiger partial charge in [-0.2, -0.15) is 12.6 Å². The number of carboxylic acid groups (broad SMARTS) is 1. The highest BCUT2D eigenvalue weighted by Gasteiger charge is 2.39. The van der Waals surface area contributed by atoms with E-state index in [1.54, 1.807) is 0 Å². The van der Waals surface area contributed by atoms with Gasteiger partial charge in [-0.15, -0.1) is 0 Å². The van der Waals surface area contributed by atoms with Gasteiger partial charge in [-0.3, -0.25) is 14.4 Å². The Bertz CT molecular complexity index is 602. The molecule has 7 N–H and O–H groups in total. The highest BCUT2D eigenvalue weighted by atomic mass is 32.1. The summed E-state index contributed by atoms with van der Waals surface area (Å²) in [4.78, 5) is 49.7. The maximum Gasteiger partial charge on any atom is 0.328 e. The van der Waals surface area contributed by atoms with E-state index in [9.17, 15) is 29.4 Å². The Hall–Kier alpha value is -1.89. The Labute approximate surface area is 168 Å². The van der Waals surface area contributed by atoms with Crippen LogP contribution in [-0.4, -0.2) is 92.6 Å². The summed E-state index contributed by atoms with van der Waals surface area (Å²) in [6.07, 6.45) is -1.62. The summed E-state index contributed by atoms with van der Waals surface area (Å²) in [5, 5.41) is 32.6. The van der Waals surface area contributed by atoms with E-state index in [2.05, 4.69) is 23.3 Å². The molecule has 1 rings (SSSR count). The molecule has 6 unspecified atom stereocenters. The van der Waals surface area contributed by atoms with Crippen molar-refractivity contribution >= 4 is 36.3 Å². The number of nitrogens with one attached hydrogen (secondary N) is 2. The van der Waals surface area contributed by atoms with Crippen molar-refractivity contribution in [1.82, 2.24) is 15.5 Å². The first-order chi connectivity index (χ1) is 13.0. The fourth-order valence-electron chi connectivity index (χ4n) is 2.81. The number of hydrogen-bond donors (Lipinski definition) is 7. The van der Waals surface area contributed by atoms with Crippen molar-refractivity contribution in [3.8, 4) is 0 Å². The predicted molar refractivity (Wildman–Crippen MR) is 101 cm³/mol. The normalized spacial score (nSPS) is 21.9. The van der Waals surface area contributed by atoms with Crippen LogP contribution in [0.25, 0.3) is 0 Å². The number of carboxylic acids is 1. The molecule has 0 spiro atoms. The molecule has 1 saturated heterocycles. The van der Waals surface area contributed by atoms with Crippen molar-refractivity contribution in [2.24, 2.45) is 5.73 Å². The summed E-state index contributed by atoms with van der Waals surface area (Å²) < 4.78 is 0. The highest BCUT2D eigenvalue weighted by molar-refractivity contribution is 7.80. The molecule has 12 heteroatoms. The lowest BCUT2D eigenvalue weighted by atomic mass is 10.1. The zero-order valence-electron chi connectivity index (χ0n) is 15.7. The third-order valence-electron chi connectivity index (χ3n) is 4.50. The summed E-state index contributed by atoms with van der Waals surface area (Å²) in [6.45, 7) is 2.81. The molecule has 11 nitrogen and oxygen atoms in total. The molecule has 0 radical (unpaired) electrons. The molecule has 0 bridgehead atoms. The molecule has 6 atom stereocenters. The Kier molecular flexibility index (Phi) is 9.14. The second kappa shape index (κ2) is 10.6. The number of likely N-dealkylation sites (tertiary alicyclic amines) is 1. The van der Waals surface area contributed by atoms with E-state index in [1.165, 1.54) is 18.7 Å². The minimum absolute atomic E-state index is 0.0621. The summed E-state index contributed by atoms with van der Waals surface area (Å²) in [5.74, 6) is -3.46. The van der Waals surface area contributed by atoms with Crippen LogP contribution >= 0.6 is 12.6 Å². The van der Waals surface area contributed by atoms with Crippen molar-refractivity contribution in [1.29, 1.82) is 0 Å². The molecule has 0 saturated carbocycles. The number of thiol groups is 1. The van der Waals surface area contributed by atoms with Crippen molar-refractivity contribution in [3.05, 3.63) is 0 Å². The fourth-order valence-corrected chi connectivity index (χ4v) is 3.06. The maximum absolute atomic E-state index is 12.8. The quantitative estimate of drug-likeness (QED) is 0.193. The number of amides is 3. The van der Waals surface area contributed by atoms with Gasteiger partial charge in [-0.25, -0.2) is 4.79 Å². The van der Waals surface area contributed by atoms with Gasteiger partial charge in [0.1, 0.15) is 18.1 Å². The highest BCUT2D eigenvalue weighted by Crippen LogP contribution is 2.19. The van der Waals surface area contributed by atoms with Gasteiger partial charge in [0.25, 0.3) is 0 Å². The first-order valence-corrected chi connectivity index (χ1v) is 9.51. The molecule has 0 aromatic rings. The van der Waals surface area contributed by atoms with Crippen molar-refractivity contribution in [3.63, 3.8) is 0 Å². The average Bonchev–Trinajstić information content (AvgIpc) is 3.11. The average molecular weight is 420 g/mol. The monoisotopic (exact) mass is 420 g/mol. The molecule has 0 aromatic carbocycles. The smallest absolute Gasteiger partial charge is 0.328 e. The van der Waals surface area contributed by atoms with Gasteiger partial charge in [0.05, 0.1) is 12.2 Å². The number of nitrogens with zero attached hydrogens (tertiary/aromatic N) is 1. The van der Waals surface area contributed by atoms with Crippen LogP contribution in [-0.2, 0) is 19.2 Å². The van der Waals surface area contributed by atoms with Gasteiger partial charge < -0.3 is 36.6 Å². The van der Waals surface area contributed by atoms with Gasteiger partial charge in [0, 0.05) is 12.3 Å². The van der Waals surface area contributed by atoms with Crippen LogP contribution in [0, 0.1) is 0 Å². The summed E-state index contributed by atoms with van der Waals surface area (Å²) in [5.41, 5.74) is 5.55. The molecule has 1 heterocycles. The molecule has 28 heavy (non-hydrogen) atoms. The second-order valence-corrected chi connectivity index (χ2v) is 7.13. The van der Waals surface area contributed by atoms with E-state index < -0.39 is 60.1 Å². The Morgan fingerprint density at radius 1 is 1.18 bits per heavy atom. The lowest BCUT2D eigenvalue weighted by Crippen LogP contribution is -2.59. The maximum atomic E-state index is 12.8. The van der Waals surface area contributed by atoms with Gasteiger partial charge in [0.2, 0.25) is 17.7 Å². The number of aliphatic hydroxyl groups is 2. The van der Waals surface area contributed by atoms with E-state index in [0.29, 0.717) is 12.8 Å². The van der Waals surface area contributed by atoms with Crippen LogP contribution in [0.3, 0.4) is 0 Å². The van der Waals surface area contributed by atoms with E-state index >= 15 is 0 Å². The number of carbonyl (C=O) groups excluding carboxylic acids is 3. The minimum Gasteiger partial charge on any atom is -0.480 e.